The molecule has 7 nitrogen and oxygen atoms in total. The largest absolute Gasteiger partial charge is 0.394 e. The minimum Gasteiger partial charge on any atom is -0.394 e. The highest BCUT2D eigenvalue weighted by Crippen LogP contribution is 2.66. The van der Waals surface area contributed by atoms with Crippen molar-refractivity contribution in [3.63, 3.8) is 0 Å². The molecule has 0 saturated carbocycles. The predicted octanol–water partition coefficient (Wildman–Crippen LogP) is 0.755. The van der Waals surface area contributed by atoms with Gasteiger partial charge in [-0.3, -0.25) is 14.4 Å². The van der Waals surface area contributed by atoms with E-state index in [0.717, 1.165) is 12.8 Å². The molecule has 0 radical (unpaired) electrons. The Morgan fingerprint density at radius 1 is 1.32 bits per heavy atom. The number of amides is 3. The Bertz CT molecular complexity index is 677. The van der Waals surface area contributed by atoms with Crippen molar-refractivity contribution < 1.29 is 19.5 Å². The van der Waals surface area contributed by atoms with Crippen LogP contribution in [0.4, 0.5) is 0 Å². The maximum Gasteiger partial charge on any atom is 0.244 e. The van der Waals surface area contributed by atoms with Crippen molar-refractivity contribution in [3.8, 4) is 0 Å². The molecule has 2 bridgehead atoms. The van der Waals surface area contributed by atoms with E-state index in [1.807, 2.05) is 34.6 Å². The van der Waals surface area contributed by atoms with Crippen molar-refractivity contribution in [1.82, 2.24) is 15.5 Å². The third-order valence-electron chi connectivity index (χ3n) is 6.35. The van der Waals surface area contributed by atoms with E-state index >= 15 is 0 Å². The van der Waals surface area contributed by atoms with Crippen molar-refractivity contribution in [2.45, 2.75) is 75.1 Å². The monoisotopic (exact) mass is 411 g/mol. The minimum absolute atomic E-state index is 0.00485. The summed E-state index contributed by atoms with van der Waals surface area (Å²) in [7, 11) is 1.59. The van der Waals surface area contributed by atoms with E-state index in [9.17, 15) is 19.5 Å². The van der Waals surface area contributed by atoms with Crippen LogP contribution in [0.5, 0.6) is 0 Å². The summed E-state index contributed by atoms with van der Waals surface area (Å²) in [6.07, 6.45) is 1.56. The fraction of sp³-hybridized carbons (Fsp3) is 0.850. The average molecular weight is 412 g/mol. The Kier molecular flexibility index (Phi) is 5.51. The summed E-state index contributed by atoms with van der Waals surface area (Å²) in [5, 5.41) is 15.9. The number of rotatable bonds is 5. The molecule has 6 atom stereocenters. The number of hydrogen-bond acceptors (Lipinski definition) is 5. The van der Waals surface area contributed by atoms with Gasteiger partial charge in [-0.15, -0.1) is 11.8 Å². The van der Waals surface area contributed by atoms with Crippen molar-refractivity contribution >= 4 is 29.5 Å². The molecule has 158 valence electrons. The zero-order valence-electron chi connectivity index (χ0n) is 17.6. The fourth-order valence-corrected chi connectivity index (χ4v) is 7.48. The molecule has 0 aromatic rings. The van der Waals surface area contributed by atoms with Crippen LogP contribution in [0.2, 0.25) is 0 Å². The lowest BCUT2D eigenvalue weighted by Crippen LogP contribution is -2.60. The highest BCUT2D eigenvalue weighted by molar-refractivity contribution is 8.02. The second-order valence-electron chi connectivity index (χ2n) is 9.65. The van der Waals surface area contributed by atoms with Crippen molar-refractivity contribution in [2.75, 3.05) is 13.7 Å². The lowest BCUT2D eigenvalue weighted by Gasteiger charge is -2.39. The van der Waals surface area contributed by atoms with Gasteiger partial charge >= 0.3 is 0 Å². The highest BCUT2D eigenvalue weighted by atomic mass is 32.2. The summed E-state index contributed by atoms with van der Waals surface area (Å²) >= 11 is 1.65. The van der Waals surface area contributed by atoms with Crippen LogP contribution in [-0.2, 0) is 14.4 Å². The molecular weight excluding hydrogens is 378 g/mol. The van der Waals surface area contributed by atoms with Gasteiger partial charge in [0.05, 0.1) is 29.2 Å². The van der Waals surface area contributed by atoms with Crippen LogP contribution >= 0.6 is 11.8 Å². The first kappa shape index (κ1) is 21.4. The van der Waals surface area contributed by atoms with Crippen LogP contribution in [-0.4, -0.2) is 69.0 Å². The molecule has 3 aliphatic rings. The number of nitrogens with zero attached hydrogens (tertiary/aromatic N) is 1. The molecule has 2 unspecified atom stereocenters. The standard InChI is InChI=1S/C20H33N3O4S/c1-10(2)11(9-24)23-15(17(26)22-19(3,4)5)20-8-7-12(28-20)13(16(25)21-6)14(20)18(23)27/h10-15,24H,7-9H2,1-6H3,(H,21,25)(H,22,26)/t11-,12+,13-,14-,15?,20?/m0/s1. The van der Waals surface area contributed by atoms with E-state index in [1.165, 1.54) is 0 Å². The smallest absolute Gasteiger partial charge is 0.244 e. The molecule has 1 spiro atoms. The Labute approximate surface area is 171 Å². The summed E-state index contributed by atoms with van der Waals surface area (Å²) < 4.78 is -0.601. The summed E-state index contributed by atoms with van der Waals surface area (Å²) in [4.78, 5) is 41.3. The van der Waals surface area contributed by atoms with Gasteiger partial charge in [0.2, 0.25) is 17.7 Å². The number of carbonyl (C=O) groups excluding carboxylic acids is 3. The summed E-state index contributed by atoms with van der Waals surface area (Å²) in [5.74, 6) is -1.41. The molecule has 8 heteroatoms. The lowest BCUT2D eigenvalue weighted by atomic mass is 9.70. The molecule has 0 aliphatic carbocycles. The molecule has 3 heterocycles. The molecule has 3 rings (SSSR count). The number of aliphatic hydroxyl groups is 1. The number of aliphatic hydroxyl groups excluding tert-OH is 1. The molecular formula is C20H33N3O4S. The van der Waals surface area contributed by atoms with Crippen LogP contribution in [0.15, 0.2) is 0 Å². The molecule has 0 aromatic carbocycles. The zero-order valence-corrected chi connectivity index (χ0v) is 18.4. The third kappa shape index (κ3) is 3.12. The first-order valence-corrected chi connectivity index (χ1v) is 11.0. The number of hydrogen-bond donors (Lipinski definition) is 3. The summed E-state index contributed by atoms with van der Waals surface area (Å²) in [6, 6.07) is -1.12. The Morgan fingerprint density at radius 3 is 2.46 bits per heavy atom. The molecule has 3 fully saturated rings. The Morgan fingerprint density at radius 2 is 1.96 bits per heavy atom. The van der Waals surface area contributed by atoms with Crippen LogP contribution in [0.3, 0.4) is 0 Å². The van der Waals surface area contributed by atoms with Gasteiger partial charge in [0.25, 0.3) is 0 Å². The van der Waals surface area contributed by atoms with E-state index in [0.29, 0.717) is 0 Å². The molecule has 0 aromatic heterocycles. The second-order valence-corrected chi connectivity index (χ2v) is 11.3. The Hall–Kier alpha value is -1.28. The first-order valence-electron chi connectivity index (χ1n) is 10.1. The van der Waals surface area contributed by atoms with Gasteiger partial charge < -0.3 is 20.6 Å². The van der Waals surface area contributed by atoms with E-state index in [1.54, 1.807) is 23.7 Å². The average Bonchev–Trinajstić information content (AvgIpc) is 3.21. The zero-order chi connectivity index (χ0) is 21.0. The molecule has 28 heavy (non-hydrogen) atoms. The first-order chi connectivity index (χ1) is 13.0. The van der Waals surface area contributed by atoms with Gasteiger partial charge in [0.15, 0.2) is 0 Å². The van der Waals surface area contributed by atoms with Crippen LogP contribution < -0.4 is 10.6 Å². The topological polar surface area (TPSA) is 98.7 Å². The second kappa shape index (κ2) is 7.20. The van der Waals surface area contributed by atoms with E-state index in [-0.39, 0.29) is 35.5 Å². The van der Waals surface area contributed by atoms with Crippen molar-refractivity contribution in [2.24, 2.45) is 17.8 Å². The van der Waals surface area contributed by atoms with Crippen molar-refractivity contribution in [3.05, 3.63) is 0 Å². The number of likely N-dealkylation sites (tertiary alicyclic amines) is 1. The predicted molar refractivity (Wildman–Crippen MR) is 109 cm³/mol. The van der Waals surface area contributed by atoms with Gasteiger partial charge in [-0.05, 0) is 39.5 Å². The minimum atomic E-state index is -0.673. The van der Waals surface area contributed by atoms with Crippen LogP contribution in [0, 0.1) is 17.8 Å². The number of carbonyl (C=O) groups is 3. The third-order valence-corrected chi connectivity index (χ3v) is 8.30. The molecule has 3 N–H and O–H groups in total. The van der Waals surface area contributed by atoms with Crippen LogP contribution in [0.25, 0.3) is 0 Å². The molecule has 3 amide bonds. The van der Waals surface area contributed by atoms with Gasteiger partial charge in [-0.2, -0.15) is 0 Å². The Balaban J connectivity index is 2.09. The van der Waals surface area contributed by atoms with Gasteiger partial charge in [-0.25, -0.2) is 0 Å². The summed E-state index contributed by atoms with van der Waals surface area (Å²) in [5.41, 5.74) is -0.436. The quantitative estimate of drug-likeness (QED) is 0.620. The molecule has 3 saturated heterocycles. The van der Waals surface area contributed by atoms with E-state index in [2.05, 4.69) is 10.6 Å². The maximum atomic E-state index is 13.6. The normalized spacial score (nSPS) is 35.3. The molecule has 3 aliphatic heterocycles. The fourth-order valence-electron chi connectivity index (χ4n) is 5.27. The van der Waals surface area contributed by atoms with Crippen molar-refractivity contribution in [1.29, 1.82) is 0 Å². The lowest BCUT2D eigenvalue weighted by molar-refractivity contribution is -0.144. The van der Waals surface area contributed by atoms with E-state index < -0.39 is 34.2 Å². The maximum absolute atomic E-state index is 13.6. The van der Waals surface area contributed by atoms with Gasteiger partial charge in [-0.1, -0.05) is 13.8 Å². The van der Waals surface area contributed by atoms with E-state index in [4.69, 9.17) is 0 Å². The summed E-state index contributed by atoms with van der Waals surface area (Å²) in [6.45, 7) is 9.43. The number of thioether (sulfide) groups is 1. The highest BCUT2D eigenvalue weighted by Gasteiger charge is 2.74. The number of fused-ring (bicyclic) bond motifs is 1. The van der Waals surface area contributed by atoms with Crippen LogP contribution in [0.1, 0.15) is 47.5 Å². The number of nitrogens with one attached hydrogen (secondary N) is 2. The van der Waals surface area contributed by atoms with Gasteiger partial charge in [0, 0.05) is 17.8 Å². The van der Waals surface area contributed by atoms with Gasteiger partial charge in [0.1, 0.15) is 6.04 Å². The SMILES string of the molecule is CNC(=O)[C@@H]1[C@H]2C(=O)N([C@@H](CO)C(C)C)C(C(=O)NC(C)(C)C)C23CC[C@H]1S3.